The molecule has 2 fully saturated rings. The van der Waals surface area contributed by atoms with Crippen molar-refractivity contribution >= 4 is 40.1 Å². The van der Waals surface area contributed by atoms with Gasteiger partial charge in [-0.25, -0.2) is 23.9 Å². The summed E-state index contributed by atoms with van der Waals surface area (Å²) in [6.07, 6.45) is 3.62. The number of aliphatic hydroxyl groups is 1. The average Bonchev–Trinajstić information content (AvgIpc) is 4.20. The number of aliphatic hydroxyl groups excluding tert-OH is 1. The summed E-state index contributed by atoms with van der Waals surface area (Å²) in [6, 6.07) is 16.2. The number of carbonyl (C=O) groups is 3. The highest BCUT2D eigenvalue weighted by atomic mass is 19.1. The van der Waals surface area contributed by atoms with Crippen LogP contribution in [0.25, 0.3) is 33.3 Å². The fourth-order valence-electron chi connectivity index (χ4n) is 10.6. The van der Waals surface area contributed by atoms with Crippen molar-refractivity contribution in [2.24, 2.45) is 23.7 Å². The predicted octanol–water partition coefficient (Wildman–Crippen LogP) is 8.63. The second-order valence-corrected chi connectivity index (χ2v) is 19.9. The number of fused-ring (bicyclic) bond motifs is 4. The number of nitrogens with zero attached hydrogens (tertiary/aromatic N) is 5. The zero-order valence-electron chi connectivity index (χ0n) is 40.5. The number of rotatable bonds is 13. The van der Waals surface area contributed by atoms with E-state index in [9.17, 15) is 19.5 Å². The Bertz CT molecular complexity index is 2760. The van der Waals surface area contributed by atoms with Gasteiger partial charge in [0.05, 0.1) is 72.9 Å². The number of hydrogen-bond acceptors (Lipinski definition) is 10. The highest BCUT2D eigenvalue weighted by molar-refractivity contribution is 5.92. The Morgan fingerprint density at radius 3 is 2.28 bits per heavy atom. The minimum absolute atomic E-state index is 0.0704. The summed E-state index contributed by atoms with van der Waals surface area (Å²) in [5, 5.41) is 18.0. The minimum Gasteiger partial charge on any atom is -0.465 e. The lowest BCUT2D eigenvalue weighted by Gasteiger charge is -2.36. The predicted molar refractivity (Wildman–Crippen MR) is 259 cm³/mol. The monoisotopic (exact) mass is 945 g/mol. The van der Waals surface area contributed by atoms with Gasteiger partial charge in [0.25, 0.3) is 0 Å². The van der Waals surface area contributed by atoms with E-state index in [2.05, 4.69) is 45.1 Å². The van der Waals surface area contributed by atoms with E-state index in [0.29, 0.717) is 53.3 Å². The van der Waals surface area contributed by atoms with Crippen LogP contribution < -0.4 is 10.6 Å². The maximum Gasteiger partial charge on any atom is 0.407 e. The van der Waals surface area contributed by atoms with Gasteiger partial charge >= 0.3 is 12.2 Å². The Morgan fingerprint density at radius 2 is 1.58 bits per heavy atom. The largest absolute Gasteiger partial charge is 0.465 e. The van der Waals surface area contributed by atoms with Crippen molar-refractivity contribution in [3.63, 3.8) is 0 Å². The Labute approximate surface area is 401 Å². The lowest BCUT2D eigenvalue weighted by molar-refractivity contribution is -0.135. The number of likely N-dealkylation sites (tertiary alicyclic amines) is 2. The van der Waals surface area contributed by atoms with Crippen LogP contribution in [0.2, 0.25) is 0 Å². The summed E-state index contributed by atoms with van der Waals surface area (Å²) >= 11 is 0. The van der Waals surface area contributed by atoms with Gasteiger partial charge in [-0.3, -0.25) is 9.69 Å². The molecule has 3 aliphatic heterocycles. The van der Waals surface area contributed by atoms with Crippen LogP contribution in [0.4, 0.5) is 14.0 Å². The van der Waals surface area contributed by atoms with Crippen LogP contribution in [0.3, 0.4) is 0 Å². The molecule has 5 N–H and O–H groups in total. The summed E-state index contributed by atoms with van der Waals surface area (Å²) in [7, 11) is 2.59. The van der Waals surface area contributed by atoms with Crippen LogP contribution in [-0.2, 0) is 19.0 Å². The molecule has 366 valence electrons. The molecule has 2 saturated heterocycles. The molecular formula is C52H64FN9O7. The highest BCUT2D eigenvalue weighted by Crippen LogP contribution is 2.47. The molecule has 17 heteroatoms. The second-order valence-electron chi connectivity index (χ2n) is 19.9. The van der Waals surface area contributed by atoms with Gasteiger partial charge in [0.15, 0.2) is 0 Å². The number of alkyl carbamates (subject to hydrolysis) is 2. The van der Waals surface area contributed by atoms with E-state index in [0.717, 1.165) is 52.7 Å². The molecule has 0 spiro atoms. The van der Waals surface area contributed by atoms with Crippen molar-refractivity contribution in [2.75, 3.05) is 27.3 Å². The Kier molecular flexibility index (Phi) is 13.5. The van der Waals surface area contributed by atoms with Gasteiger partial charge in [-0.2, -0.15) is 0 Å². The van der Waals surface area contributed by atoms with Crippen LogP contribution in [-0.4, -0.2) is 109 Å². The van der Waals surface area contributed by atoms with Crippen LogP contribution in [0.1, 0.15) is 114 Å². The number of aromatic nitrogens is 5. The second kappa shape index (κ2) is 19.5. The van der Waals surface area contributed by atoms with E-state index in [1.807, 2.05) is 92.1 Å². The number of imidazole rings is 2. The zero-order valence-corrected chi connectivity index (χ0v) is 40.5. The number of H-pyrrole nitrogens is 2. The smallest absolute Gasteiger partial charge is 0.407 e. The summed E-state index contributed by atoms with van der Waals surface area (Å²) in [6.45, 7) is 13.2. The molecule has 9 rings (SSSR count). The number of halogens is 1. The average molecular weight is 946 g/mol. The molecule has 6 heterocycles. The summed E-state index contributed by atoms with van der Waals surface area (Å²) < 4.78 is 35.6. The van der Waals surface area contributed by atoms with E-state index in [1.54, 1.807) is 12.4 Å². The van der Waals surface area contributed by atoms with Crippen molar-refractivity contribution in [1.82, 2.24) is 44.9 Å². The molecule has 16 nitrogen and oxygen atoms in total. The third-order valence-corrected chi connectivity index (χ3v) is 14.5. The van der Waals surface area contributed by atoms with E-state index in [-0.39, 0.29) is 42.2 Å². The van der Waals surface area contributed by atoms with E-state index >= 15 is 4.39 Å². The number of ether oxygens (including phenoxy) is 3. The first kappa shape index (κ1) is 47.6. The van der Waals surface area contributed by atoms with Crippen LogP contribution in [0.15, 0.2) is 78.8 Å². The quantitative estimate of drug-likeness (QED) is 0.0764. The van der Waals surface area contributed by atoms with Crippen molar-refractivity contribution in [3.05, 3.63) is 107 Å². The van der Waals surface area contributed by atoms with Crippen molar-refractivity contribution in [2.45, 2.75) is 110 Å². The fourth-order valence-corrected chi connectivity index (χ4v) is 10.6. The molecule has 4 aliphatic rings. The number of benzene rings is 2. The van der Waals surface area contributed by atoms with E-state index in [4.69, 9.17) is 24.2 Å². The molecule has 8 atom stereocenters. The molecule has 1 aliphatic carbocycles. The number of amides is 3. The van der Waals surface area contributed by atoms with Crippen molar-refractivity contribution in [3.8, 4) is 11.3 Å². The van der Waals surface area contributed by atoms with Crippen molar-refractivity contribution in [1.29, 1.82) is 0 Å². The first-order valence-corrected chi connectivity index (χ1v) is 24.1. The highest BCUT2D eigenvalue weighted by Gasteiger charge is 2.43. The van der Waals surface area contributed by atoms with E-state index in [1.165, 1.54) is 14.2 Å². The number of hydrogen-bond donors (Lipinski definition) is 5. The van der Waals surface area contributed by atoms with Gasteiger partial charge < -0.3 is 49.4 Å². The third kappa shape index (κ3) is 9.13. The van der Waals surface area contributed by atoms with Crippen molar-refractivity contribution < 1.29 is 38.1 Å². The van der Waals surface area contributed by atoms with Gasteiger partial charge in [0, 0.05) is 36.0 Å². The van der Waals surface area contributed by atoms with Crippen LogP contribution >= 0.6 is 0 Å². The lowest BCUT2D eigenvalue weighted by atomic mass is 9.90. The molecule has 3 amide bonds. The molecule has 5 aromatic rings. The molecule has 2 aromatic carbocycles. The van der Waals surface area contributed by atoms with Gasteiger partial charge in [-0.1, -0.05) is 77.9 Å². The number of aromatic amines is 2. The number of alkyl halides is 1. The molecule has 69 heavy (non-hydrogen) atoms. The molecule has 3 aromatic heterocycles. The molecular weight excluding hydrogens is 882 g/mol. The Hall–Kier alpha value is -6.46. The Morgan fingerprint density at radius 1 is 0.884 bits per heavy atom. The number of carbonyl (C=O) groups excluding carboxylic acids is 3. The zero-order chi connectivity index (χ0) is 48.8. The first-order chi connectivity index (χ1) is 33.1. The first-order valence-electron chi connectivity index (χ1n) is 24.1. The number of allylic oxidation sites excluding steroid dienone is 3. The van der Waals surface area contributed by atoms with Crippen LogP contribution in [0, 0.1) is 23.7 Å². The summed E-state index contributed by atoms with van der Waals surface area (Å²) in [4.78, 5) is 59.0. The topological polar surface area (TPSA) is 192 Å². The Balaban J connectivity index is 1.02. The van der Waals surface area contributed by atoms with Gasteiger partial charge in [-0.05, 0) is 72.8 Å². The fraction of sp³-hybridized carbons (Fsp3) is 0.481. The van der Waals surface area contributed by atoms with Gasteiger partial charge in [0.2, 0.25) is 12.1 Å². The molecule has 8 unspecified atom stereocenters. The molecule has 0 bridgehead atoms. The van der Waals surface area contributed by atoms with Crippen LogP contribution in [0.5, 0.6) is 0 Å². The normalized spacial score (nSPS) is 22.9. The molecule has 0 saturated carbocycles. The summed E-state index contributed by atoms with van der Waals surface area (Å²) in [5.41, 5.74) is 6.03. The summed E-state index contributed by atoms with van der Waals surface area (Å²) in [5.74, 6) is 1.95. The maximum atomic E-state index is 17.0. The molecule has 0 radical (unpaired) electrons. The number of methoxy groups -OCH3 is 2. The number of nitrogens with one attached hydrogen (secondary N) is 4. The SMILES string of the molecule is COC(=O)NC(C(=O)N1CC(C(C)C)CC1c1ncc(-c2ccc3c(c2)cc2n3C(c3ccccc3)OC3=C2C(F)CC(c2cnc(C4CCCN4C(O)C(NC(=O)OC)C(C)C)[nH]2)=C3)[nH]1)C(C)C. The van der Waals surface area contributed by atoms with E-state index < -0.39 is 42.9 Å². The van der Waals surface area contributed by atoms with Gasteiger partial charge in [-0.15, -0.1) is 0 Å². The maximum absolute atomic E-state index is 17.0. The lowest BCUT2D eigenvalue weighted by Crippen LogP contribution is -2.54. The third-order valence-electron chi connectivity index (χ3n) is 14.5. The van der Waals surface area contributed by atoms with Gasteiger partial charge in [0.1, 0.15) is 35.8 Å². The minimum atomic E-state index is -1.40. The standard InChI is InChI=1S/C52H64FN9O7/c1-27(2)34-22-41(61(26-34)49(64)45(29(5)6)59-52(66)68-8)47-55-24-36(56-47)31-16-17-38-33(19-31)21-40-43-35(53)20-32(23-42(43)69-50(62(38)40)30-13-10-9-11-14-30)37-25-54-46(57-37)39-15-12-18-60(39)48(63)44(28(3)4)58-51(65)67-7/h9-11,13-14,16-17,19,21,23-25,27-29,34-35,39,41,44-45,48,50,63H,12,15,18,20,22,26H2,1-8H3,(H,54,57)(H,55,56)(H,58,65)(H,59,66).